The third-order valence-corrected chi connectivity index (χ3v) is 4.02. The largest absolute Gasteiger partial charge is 0.392 e. The predicted molar refractivity (Wildman–Crippen MR) is 86.4 cm³/mol. The van der Waals surface area contributed by atoms with Crippen LogP contribution in [0.1, 0.15) is 19.3 Å². The fourth-order valence-corrected chi connectivity index (χ4v) is 2.89. The highest BCUT2D eigenvalue weighted by Gasteiger charge is 2.29. The number of methoxy groups -OCH3 is 1. The van der Waals surface area contributed by atoms with Gasteiger partial charge in [-0.3, -0.25) is 9.69 Å². The van der Waals surface area contributed by atoms with Crippen LogP contribution < -0.4 is 10.6 Å². The monoisotopic (exact) mass is 343 g/mol. The Bertz CT molecular complexity index is 310. The van der Waals surface area contributed by atoms with Crippen LogP contribution in [-0.2, 0) is 9.53 Å². The molecule has 2 fully saturated rings. The number of β-amino-alcohol motifs (C(OH)–C–C–N with tert-alkyl or cyclic N) is 1. The molecule has 0 aromatic rings. The normalized spacial score (nSPS) is 28.8. The lowest BCUT2D eigenvalue weighted by atomic mass is 10.1. The SMILES string of the molecule is COCCN1CCCC1CNC(=O)C1CC(O)CN1.Cl.Cl. The smallest absolute Gasteiger partial charge is 0.237 e. The number of likely N-dealkylation sites (tertiary alicyclic amines) is 1. The van der Waals surface area contributed by atoms with E-state index in [-0.39, 0.29) is 42.9 Å². The number of aliphatic hydroxyl groups is 1. The second-order valence-corrected chi connectivity index (χ2v) is 5.42. The van der Waals surface area contributed by atoms with Gasteiger partial charge in [0.15, 0.2) is 0 Å². The van der Waals surface area contributed by atoms with Gasteiger partial charge >= 0.3 is 0 Å². The summed E-state index contributed by atoms with van der Waals surface area (Å²) in [7, 11) is 1.71. The Hall–Kier alpha value is -0.110. The van der Waals surface area contributed by atoms with Crippen molar-refractivity contribution in [2.45, 2.75) is 37.5 Å². The number of aliphatic hydroxyl groups excluding tert-OH is 1. The molecule has 0 spiro atoms. The third kappa shape index (κ3) is 6.26. The van der Waals surface area contributed by atoms with Crippen LogP contribution in [0.4, 0.5) is 0 Å². The molecule has 0 radical (unpaired) electrons. The molecule has 0 saturated carbocycles. The third-order valence-electron chi connectivity index (χ3n) is 4.02. The summed E-state index contributed by atoms with van der Waals surface area (Å²) in [5, 5.41) is 15.4. The molecule has 2 aliphatic heterocycles. The summed E-state index contributed by atoms with van der Waals surface area (Å²) in [6, 6.07) is 0.189. The zero-order valence-corrected chi connectivity index (χ0v) is 14.0. The van der Waals surface area contributed by atoms with Gasteiger partial charge in [0, 0.05) is 32.8 Å². The number of rotatable bonds is 6. The van der Waals surface area contributed by atoms with Crippen molar-refractivity contribution in [3.8, 4) is 0 Å². The Morgan fingerprint density at radius 3 is 2.86 bits per heavy atom. The Morgan fingerprint density at radius 1 is 1.48 bits per heavy atom. The van der Waals surface area contributed by atoms with Gasteiger partial charge in [0.2, 0.25) is 5.91 Å². The van der Waals surface area contributed by atoms with Crippen molar-refractivity contribution in [1.82, 2.24) is 15.5 Å². The van der Waals surface area contributed by atoms with Crippen LogP contribution in [0.3, 0.4) is 0 Å². The van der Waals surface area contributed by atoms with Crippen molar-refractivity contribution in [2.75, 3.05) is 39.9 Å². The molecular weight excluding hydrogens is 317 g/mol. The highest BCUT2D eigenvalue weighted by atomic mass is 35.5. The van der Waals surface area contributed by atoms with Gasteiger partial charge in [-0.25, -0.2) is 0 Å². The zero-order valence-electron chi connectivity index (χ0n) is 12.4. The lowest BCUT2D eigenvalue weighted by Crippen LogP contribution is -2.46. The first-order valence-electron chi connectivity index (χ1n) is 7.13. The molecule has 2 heterocycles. The summed E-state index contributed by atoms with van der Waals surface area (Å²) in [6.07, 6.45) is 2.44. The number of hydrogen-bond donors (Lipinski definition) is 3. The first kappa shape index (κ1) is 20.9. The second-order valence-electron chi connectivity index (χ2n) is 5.42. The fraction of sp³-hybridized carbons (Fsp3) is 0.923. The van der Waals surface area contributed by atoms with E-state index in [1.54, 1.807) is 7.11 Å². The quantitative estimate of drug-likeness (QED) is 0.621. The van der Waals surface area contributed by atoms with E-state index >= 15 is 0 Å². The molecule has 3 atom stereocenters. The van der Waals surface area contributed by atoms with E-state index in [1.165, 1.54) is 6.42 Å². The van der Waals surface area contributed by atoms with E-state index in [2.05, 4.69) is 15.5 Å². The summed E-state index contributed by atoms with van der Waals surface area (Å²) in [6.45, 7) is 3.96. The van der Waals surface area contributed by atoms with Crippen molar-refractivity contribution < 1.29 is 14.6 Å². The molecule has 2 aliphatic rings. The molecule has 0 aromatic heterocycles. The van der Waals surface area contributed by atoms with Crippen molar-refractivity contribution >= 4 is 30.7 Å². The fourth-order valence-electron chi connectivity index (χ4n) is 2.89. The molecule has 0 bridgehead atoms. The molecular formula is C13H27Cl2N3O3. The summed E-state index contributed by atoms with van der Waals surface area (Å²) in [5.74, 6) is 0.00939. The minimum absolute atomic E-state index is 0. The standard InChI is InChI=1S/C13H25N3O3.2ClH/c1-19-6-5-16-4-2-3-10(16)8-15-13(18)12-7-11(17)9-14-12;;/h10-12,14,17H,2-9H2,1H3,(H,15,18);2*1H. The van der Waals surface area contributed by atoms with Crippen molar-refractivity contribution in [2.24, 2.45) is 0 Å². The molecule has 8 heteroatoms. The Morgan fingerprint density at radius 2 is 2.24 bits per heavy atom. The average molecular weight is 344 g/mol. The summed E-state index contributed by atoms with van der Waals surface area (Å²) >= 11 is 0. The van der Waals surface area contributed by atoms with Gasteiger partial charge in [0.1, 0.15) is 0 Å². The van der Waals surface area contributed by atoms with Crippen molar-refractivity contribution in [3.05, 3.63) is 0 Å². The Balaban J connectivity index is 0.00000200. The summed E-state index contributed by atoms with van der Waals surface area (Å²) < 4.78 is 5.10. The lowest BCUT2D eigenvalue weighted by Gasteiger charge is -2.24. The molecule has 126 valence electrons. The van der Waals surface area contributed by atoms with Crippen molar-refractivity contribution in [3.63, 3.8) is 0 Å². The molecule has 6 nitrogen and oxygen atoms in total. The zero-order chi connectivity index (χ0) is 13.7. The van der Waals surface area contributed by atoms with Crippen LogP contribution in [0.2, 0.25) is 0 Å². The van der Waals surface area contributed by atoms with Crippen molar-refractivity contribution in [1.29, 1.82) is 0 Å². The first-order valence-corrected chi connectivity index (χ1v) is 7.13. The maximum atomic E-state index is 11.9. The highest BCUT2D eigenvalue weighted by molar-refractivity contribution is 5.85. The molecule has 3 unspecified atom stereocenters. The van der Waals surface area contributed by atoms with E-state index in [9.17, 15) is 9.90 Å². The summed E-state index contributed by atoms with van der Waals surface area (Å²) in [5.41, 5.74) is 0. The number of nitrogens with zero attached hydrogens (tertiary/aromatic N) is 1. The van der Waals surface area contributed by atoms with Crippen LogP contribution in [-0.4, -0.2) is 74.0 Å². The second kappa shape index (κ2) is 10.6. The van der Waals surface area contributed by atoms with E-state index in [4.69, 9.17) is 4.74 Å². The minimum atomic E-state index is -0.388. The van der Waals surface area contributed by atoms with Crippen LogP contribution in [0.5, 0.6) is 0 Å². The van der Waals surface area contributed by atoms with Gasteiger partial charge in [-0.1, -0.05) is 0 Å². The maximum absolute atomic E-state index is 11.9. The number of halogens is 2. The molecule has 1 amide bonds. The maximum Gasteiger partial charge on any atom is 0.237 e. The van der Waals surface area contributed by atoms with E-state index in [0.29, 0.717) is 25.6 Å². The molecule has 2 saturated heterocycles. The number of amides is 1. The van der Waals surface area contributed by atoms with Gasteiger partial charge in [-0.2, -0.15) is 0 Å². The molecule has 2 rings (SSSR count). The van der Waals surface area contributed by atoms with E-state index in [0.717, 1.165) is 26.1 Å². The first-order chi connectivity index (χ1) is 9.20. The molecule has 0 aliphatic carbocycles. The van der Waals surface area contributed by atoms with Gasteiger partial charge in [-0.05, 0) is 25.8 Å². The molecule has 3 N–H and O–H groups in total. The van der Waals surface area contributed by atoms with E-state index < -0.39 is 0 Å². The van der Waals surface area contributed by atoms with Gasteiger partial charge in [0.25, 0.3) is 0 Å². The number of hydrogen-bond acceptors (Lipinski definition) is 5. The molecule has 0 aromatic carbocycles. The average Bonchev–Trinajstić information content (AvgIpc) is 3.02. The highest BCUT2D eigenvalue weighted by Crippen LogP contribution is 2.16. The number of nitrogens with one attached hydrogen (secondary N) is 2. The topological polar surface area (TPSA) is 73.8 Å². The lowest BCUT2D eigenvalue weighted by molar-refractivity contribution is -0.123. The number of ether oxygens (including phenoxy) is 1. The van der Waals surface area contributed by atoms with Gasteiger partial charge < -0.3 is 20.5 Å². The predicted octanol–water partition coefficient (Wildman–Crippen LogP) is -0.220. The minimum Gasteiger partial charge on any atom is -0.392 e. The number of carbonyl (C=O) groups excluding carboxylic acids is 1. The summed E-state index contributed by atoms with van der Waals surface area (Å²) in [4.78, 5) is 14.3. The van der Waals surface area contributed by atoms with Crippen LogP contribution in [0.15, 0.2) is 0 Å². The van der Waals surface area contributed by atoms with Crippen LogP contribution >= 0.6 is 24.8 Å². The van der Waals surface area contributed by atoms with Crippen LogP contribution in [0.25, 0.3) is 0 Å². The Kier molecular flexibility index (Phi) is 10.5. The van der Waals surface area contributed by atoms with E-state index in [1.807, 2.05) is 0 Å². The van der Waals surface area contributed by atoms with Crippen LogP contribution in [0, 0.1) is 0 Å². The Labute approximate surface area is 138 Å². The molecule has 21 heavy (non-hydrogen) atoms. The number of carbonyl (C=O) groups is 1. The van der Waals surface area contributed by atoms with Gasteiger partial charge in [0.05, 0.1) is 18.8 Å². The van der Waals surface area contributed by atoms with Gasteiger partial charge in [-0.15, -0.1) is 24.8 Å².